The third-order valence-corrected chi connectivity index (χ3v) is 3.27. The summed E-state index contributed by atoms with van der Waals surface area (Å²) in [7, 11) is -2.59. The predicted octanol–water partition coefficient (Wildman–Crippen LogP) is 1.91. The van der Waals surface area contributed by atoms with Crippen LogP contribution < -0.4 is 4.90 Å². The van der Waals surface area contributed by atoms with Crippen LogP contribution in [-0.4, -0.2) is 33.4 Å². The Labute approximate surface area is 119 Å². The number of hydrogen-bond donors (Lipinski definition) is 1. The zero-order valence-electron chi connectivity index (χ0n) is 10.8. The van der Waals surface area contributed by atoms with Gasteiger partial charge in [0.2, 0.25) is 0 Å². The second-order valence-corrected chi connectivity index (χ2v) is 5.10. The highest BCUT2D eigenvalue weighted by Crippen LogP contribution is 2.25. The first-order valence-corrected chi connectivity index (χ1v) is 7.57. The first-order chi connectivity index (χ1) is 8.99. The van der Waals surface area contributed by atoms with Gasteiger partial charge in [-0.15, -0.1) is 0 Å². The van der Waals surface area contributed by atoms with E-state index in [9.17, 15) is 13.2 Å². The zero-order valence-corrected chi connectivity index (χ0v) is 12.4. The quantitative estimate of drug-likeness (QED) is 0.642. The van der Waals surface area contributed by atoms with Crippen LogP contribution in [0.1, 0.15) is 24.2 Å². The van der Waals surface area contributed by atoms with Gasteiger partial charge in [-0.25, -0.2) is 13.2 Å². The van der Waals surface area contributed by atoms with Gasteiger partial charge in [-0.05, 0) is 32.0 Å². The third kappa shape index (κ3) is 4.40. The van der Waals surface area contributed by atoms with E-state index in [1.807, 2.05) is 0 Å². The van der Waals surface area contributed by atoms with Crippen molar-refractivity contribution in [3.05, 3.63) is 28.8 Å². The summed E-state index contributed by atoms with van der Waals surface area (Å²) >= 11 is 5.91. The normalized spacial score (nSPS) is 10.5. The van der Waals surface area contributed by atoms with E-state index in [0.717, 1.165) is 0 Å². The molecule has 0 amide bonds. The molecule has 0 aliphatic heterocycles. The fourth-order valence-corrected chi connectivity index (χ4v) is 2.43. The summed E-state index contributed by atoms with van der Waals surface area (Å²) in [5, 5.41) is 0.433. The van der Waals surface area contributed by atoms with Gasteiger partial charge in [0.05, 0.1) is 17.9 Å². The van der Waals surface area contributed by atoms with E-state index < -0.39 is 16.7 Å². The van der Waals surface area contributed by atoms with Crippen molar-refractivity contribution < 1.29 is 17.9 Å². The van der Waals surface area contributed by atoms with Crippen molar-refractivity contribution in [2.24, 2.45) is 0 Å². The molecule has 0 unspecified atom stereocenters. The Balaban J connectivity index is 3.21. The molecular weight excluding hydrogens is 290 g/mol. The molecule has 1 aromatic carbocycles. The van der Waals surface area contributed by atoms with Crippen molar-refractivity contribution in [2.75, 3.05) is 23.9 Å². The average molecular weight is 306 g/mol. The Morgan fingerprint density at radius 1 is 1.37 bits per heavy atom. The summed E-state index contributed by atoms with van der Waals surface area (Å²) in [5.74, 6) is -0.660. The highest BCUT2D eigenvalue weighted by molar-refractivity contribution is 7.72. The molecular formula is C12H16ClNO4S. The van der Waals surface area contributed by atoms with E-state index in [-0.39, 0.29) is 12.5 Å². The number of carbonyl (C=O) groups is 1. The number of rotatable bonds is 6. The number of hydrogen-bond acceptors (Lipinski definition) is 5. The summed E-state index contributed by atoms with van der Waals surface area (Å²) in [6, 6.07) is 4.68. The molecule has 5 nitrogen and oxygen atoms in total. The summed E-state index contributed by atoms with van der Waals surface area (Å²) in [5.41, 5.74) is 0.776. The molecule has 19 heavy (non-hydrogen) atoms. The van der Waals surface area contributed by atoms with E-state index in [0.29, 0.717) is 22.8 Å². The Hall–Kier alpha value is -1.27. The lowest BCUT2D eigenvalue weighted by atomic mass is 10.1. The summed E-state index contributed by atoms with van der Waals surface area (Å²) in [4.78, 5) is 13.4. The van der Waals surface area contributed by atoms with Gasteiger partial charge in [0.15, 0.2) is 10.7 Å². The molecule has 0 fully saturated rings. The van der Waals surface area contributed by atoms with Crippen LogP contribution in [0.25, 0.3) is 0 Å². The minimum atomic E-state index is -2.59. The molecule has 0 aromatic heterocycles. The Kier molecular flexibility index (Phi) is 6.11. The first kappa shape index (κ1) is 15.8. The fourth-order valence-electron chi connectivity index (χ4n) is 1.63. The molecule has 0 heterocycles. The third-order valence-electron chi connectivity index (χ3n) is 2.46. The Morgan fingerprint density at radius 3 is 2.58 bits per heavy atom. The molecule has 0 N–H and O–H groups in total. The molecule has 0 aliphatic rings. The SMILES string of the molecule is CCOC(=O)c1ccc(Cl)cc1N(CC)C[SH](=O)=O. The van der Waals surface area contributed by atoms with Crippen LogP contribution in [0.5, 0.6) is 0 Å². The maximum Gasteiger partial charge on any atom is 0.340 e. The van der Waals surface area contributed by atoms with Crippen LogP contribution in [0, 0.1) is 0 Å². The molecule has 7 heteroatoms. The molecule has 0 spiro atoms. The number of thiol groups is 1. The molecule has 106 valence electrons. The molecule has 0 bridgehead atoms. The van der Waals surface area contributed by atoms with Crippen LogP contribution in [0.15, 0.2) is 18.2 Å². The van der Waals surface area contributed by atoms with Crippen molar-refractivity contribution in [2.45, 2.75) is 13.8 Å². The smallest absolute Gasteiger partial charge is 0.340 e. The molecule has 1 aromatic rings. The largest absolute Gasteiger partial charge is 0.462 e. The summed E-state index contributed by atoms with van der Waals surface area (Å²) in [6.45, 7) is 4.20. The van der Waals surface area contributed by atoms with Gasteiger partial charge in [0.25, 0.3) is 0 Å². The average Bonchev–Trinajstić information content (AvgIpc) is 2.35. The highest BCUT2D eigenvalue weighted by Gasteiger charge is 2.17. The molecule has 0 atom stereocenters. The maximum absolute atomic E-state index is 11.8. The minimum Gasteiger partial charge on any atom is -0.462 e. The summed E-state index contributed by atoms with van der Waals surface area (Å²) in [6.07, 6.45) is 0. The van der Waals surface area contributed by atoms with Gasteiger partial charge in [0, 0.05) is 11.6 Å². The molecule has 1 rings (SSSR count). The number of benzene rings is 1. The van der Waals surface area contributed by atoms with E-state index in [1.54, 1.807) is 30.9 Å². The topological polar surface area (TPSA) is 63.7 Å². The van der Waals surface area contributed by atoms with Gasteiger partial charge >= 0.3 is 5.97 Å². The number of anilines is 1. The van der Waals surface area contributed by atoms with Gasteiger partial charge in [-0.3, -0.25) is 0 Å². The Bertz CT molecular complexity index is 522. The molecule has 0 saturated carbocycles. The second kappa shape index (κ2) is 7.35. The van der Waals surface area contributed by atoms with E-state index in [2.05, 4.69) is 0 Å². The number of esters is 1. The number of carbonyl (C=O) groups excluding carboxylic acids is 1. The minimum absolute atomic E-state index is 0.168. The fraction of sp³-hybridized carbons (Fsp3) is 0.417. The number of halogens is 1. The standard InChI is InChI=1S/C12H16ClNO4S/c1-3-14(8-19(16)17)11-7-9(13)5-6-10(11)12(15)18-4-2/h5-7,19H,3-4,8H2,1-2H3. The van der Waals surface area contributed by atoms with Crippen LogP contribution in [0.2, 0.25) is 5.02 Å². The van der Waals surface area contributed by atoms with Crippen LogP contribution in [0.3, 0.4) is 0 Å². The van der Waals surface area contributed by atoms with E-state index in [4.69, 9.17) is 16.3 Å². The lowest BCUT2D eigenvalue weighted by Crippen LogP contribution is -2.27. The van der Waals surface area contributed by atoms with Gasteiger partial charge < -0.3 is 9.64 Å². The molecule has 0 radical (unpaired) electrons. The molecule has 0 aliphatic carbocycles. The van der Waals surface area contributed by atoms with Gasteiger partial charge in [-0.2, -0.15) is 0 Å². The van der Waals surface area contributed by atoms with Gasteiger partial charge in [-0.1, -0.05) is 11.6 Å². The van der Waals surface area contributed by atoms with E-state index in [1.165, 1.54) is 6.07 Å². The second-order valence-electron chi connectivity index (χ2n) is 3.71. The van der Waals surface area contributed by atoms with Crippen molar-refractivity contribution in [1.82, 2.24) is 0 Å². The van der Waals surface area contributed by atoms with Crippen LogP contribution in [0.4, 0.5) is 5.69 Å². The maximum atomic E-state index is 11.8. The number of nitrogens with zero attached hydrogens (tertiary/aromatic N) is 1. The zero-order chi connectivity index (χ0) is 14.4. The van der Waals surface area contributed by atoms with Crippen molar-refractivity contribution in [3.8, 4) is 0 Å². The van der Waals surface area contributed by atoms with Crippen molar-refractivity contribution >= 4 is 34.0 Å². The molecule has 0 saturated heterocycles. The van der Waals surface area contributed by atoms with Gasteiger partial charge in [0.1, 0.15) is 5.88 Å². The highest BCUT2D eigenvalue weighted by atomic mass is 35.5. The van der Waals surface area contributed by atoms with Crippen LogP contribution >= 0.6 is 11.6 Å². The monoisotopic (exact) mass is 305 g/mol. The van der Waals surface area contributed by atoms with Crippen molar-refractivity contribution in [1.29, 1.82) is 0 Å². The lowest BCUT2D eigenvalue weighted by molar-refractivity contribution is 0.0527. The lowest BCUT2D eigenvalue weighted by Gasteiger charge is -2.22. The van der Waals surface area contributed by atoms with Crippen LogP contribution in [-0.2, 0) is 15.4 Å². The Morgan fingerprint density at radius 2 is 2.05 bits per heavy atom. The number of ether oxygens (including phenoxy) is 1. The summed E-state index contributed by atoms with van der Waals surface area (Å²) < 4.78 is 26.7. The van der Waals surface area contributed by atoms with E-state index >= 15 is 0 Å². The predicted molar refractivity (Wildman–Crippen MR) is 75.6 cm³/mol. The first-order valence-electron chi connectivity index (χ1n) is 5.83. The van der Waals surface area contributed by atoms with Crippen molar-refractivity contribution in [3.63, 3.8) is 0 Å².